The van der Waals surface area contributed by atoms with E-state index in [-0.39, 0.29) is 0 Å². The lowest BCUT2D eigenvalue weighted by Crippen LogP contribution is -2.55. The predicted molar refractivity (Wildman–Crippen MR) is 57.5 cm³/mol. The largest absolute Gasteiger partial charge is 0.480 e. The Morgan fingerprint density at radius 2 is 2.07 bits per heavy atom. The van der Waals surface area contributed by atoms with Crippen molar-refractivity contribution in [3.63, 3.8) is 0 Å². The zero-order chi connectivity index (χ0) is 11.2. The molecule has 0 aromatic rings. The molecule has 0 bridgehead atoms. The van der Waals surface area contributed by atoms with Gasteiger partial charge in [-0.15, -0.1) is 0 Å². The fourth-order valence-corrected chi connectivity index (χ4v) is 1.37. The van der Waals surface area contributed by atoms with Gasteiger partial charge in [0.1, 0.15) is 5.54 Å². The Balaban J connectivity index is 4.34. The summed E-state index contributed by atoms with van der Waals surface area (Å²) in [6.45, 7) is 8.24. The molecular weight excluding hydrogens is 180 g/mol. The van der Waals surface area contributed by atoms with Crippen LogP contribution < -0.4 is 5.32 Å². The first-order valence-corrected chi connectivity index (χ1v) is 5.14. The number of hydrogen-bond acceptors (Lipinski definition) is 3. The van der Waals surface area contributed by atoms with E-state index in [1.807, 2.05) is 6.92 Å². The molecule has 2 N–H and O–H groups in total. The standard InChI is InChI=1S/C10H22N2O2/c1-5-7-12(6-2)8-10(3,11-4)9(13)14/h11H,5-8H2,1-4H3,(H,13,14). The Morgan fingerprint density at radius 3 is 2.36 bits per heavy atom. The minimum atomic E-state index is -0.842. The molecule has 0 aliphatic carbocycles. The molecule has 0 heterocycles. The number of nitrogens with zero attached hydrogens (tertiary/aromatic N) is 1. The van der Waals surface area contributed by atoms with Gasteiger partial charge in [0.25, 0.3) is 0 Å². The molecule has 14 heavy (non-hydrogen) atoms. The molecule has 1 unspecified atom stereocenters. The molecule has 1 atom stereocenters. The van der Waals surface area contributed by atoms with Crippen LogP contribution in [0.2, 0.25) is 0 Å². The van der Waals surface area contributed by atoms with Gasteiger partial charge >= 0.3 is 5.97 Å². The molecule has 0 aliphatic rings. The van der Waals surface area contributed by atoms with E-state index < -0.39 is 11.5 Å². The lowest BCUT2D eigenvalue weighted by molar-refractivity contribution is -0.144. The van der Waals surface area contributed by atoms with Crippen LogP contribution in [0, 0.1) is 0 Å². The van der Waals surface area contributed by atoms with Crippen molar-refractivity contribution >= 4 is 5.97 Å². The third-order valence-electron chi connectivity index (χ3n) is 2.55. The number of carbonyl (C=O) groups is 1. The smallest absolute Gasteiger partial charge is 0.324 e. The van der Waals surface area contributed by atoms with Crippen LogP contribution >= 0.6 is 0 Å². The maximum absolute atomic E-state index is 11.0. The molecule has 0 fully saturated rings. The summed E-state index contributed by atoms with van der Waals surface area (Å²) in [4.78, 5) is 13.2. The van der Waals surface area contributed by atoms with Gasteiger partial charge in [-0.1, -0.05) is 13.8 Å². The van der Waals surface area contributed by atoms with Crippen LogP contribution in [0.15, 0.2) is 0 Å². The molecule has 0 aromatic heterocycles. The average Bonchev–Trinajstić information content (AvgIpc) is 2.16. The zero-order valence-corrected chi connectivity index (χ0v) is 9.63. The van der Waals surface area contributed by atoms with Crippen LogP contribution in [0.4, 0.5) is 0 Å². The van der Waals surface area contributed by atoms with Gasteiger partial charge in [0, 0.05) is 6.54 Å². The number of carboxylic acid groups (broad SMARTS) is 1. The van der Waals surface area contributed by atoms with Crippen LogP contribution in [0.5, 0.6) is 0 Å². The summed E-state index contributed by atoms with van der Waals surface area (Å²) in [5, 5.41) is 11.9. The highest BCUT2D eigenvalue weighted by molar-refractivity contribution is 5.78. The number of aliphatic carboxylic acids is 1. The van der Waals surface area contributed by atoms with Crippen molar-refractivity contribution in [1.82, 2.24) is 10.2 Å². The summed E-state index contributed by atoms with van der Waals surface area (Å²) < 4.78 is 0. The fraction of sp³-hybridized carbons (Fsp3) is 0.900. The molecule has 0 spiro atoms. The highest BCUT2D eigenvalue weighted by Gasteiger charge is 2.32. The molecule has 84 valence electrons. The second-order valence-corrected chi connectivity index (χ2v) is 3.76. The van der Waals surface area contributed by atoms with Crippen LogP contribution in [0.3, 0.4) is 0 Å². The Labute approximate surface area is 86.3 Å². The van der Waals surface area contributed by atoms with Gasteiger partial charge in [0.2, 0.25) is 0 Å². The SMILES string of the molecule is CCCN(CC)CC(C)(NC)C(=O)O. The maximum Gasteiger partial charge on any atom is 0.324 e. The van der Waals surface area contributed by atoms with Crippen LogP contribution in [0.25, 0.3) is 0 Å². The molecule has 4 nitrogen and oxygen atoms in total. The van der Waals surface area contributed by atoms with E-state index in [0.717, 1.165) is 19.5 Å². The first kappa shape index (κ1) is 13.4. The van der Waals surface area contributed by atoms with Gasteiger partial charge in [0.05, 0.1) is 0 Å². The van der Waals surface area contributed by atoms with Crippen LogP contribution in [-0.2, 0) is 4.79 Å². The number of hydrogen-bond donors (Lipinski definition) is 2. The zero-order valence-electron chi connectivity index (χ0n) is 9.63. The highest BCUT2D eigenvalue weighted by Crippen LogP contribution is 2.07. The Kier molecular flexibility index (Phi) is 5.72. The first-order valence-electron chi connectivity index (χ1n) is 5.14. The minimum absolute atomic E-state index is 0.545. The lowest BCUT2D eigenvalue weighted by Gasteiger charge is -2.31. The second-order valence-electron chi connectivity index (χ2n) is 3.76. The highest BCUT2D eigenvalue weighted by atomic mass is 16.4. The molecule has 0 aromatic carbocycles. The monoisotopic (exact) mass is 202 g/mol. The number of carboxylic acids is 1. The van der Waals surface area contributed by atoms with Gasteiger partial charge in [-0.05, 0) is 33.5 Å². The third-order valence-corrected chi connectivity index (χ3v) is 2.55. The Hall–Kier alpha value is -0.610. The second kappa shape index (κ2) is 5.98. The summed E-state index contributed by atoms with van der Waals surface area (Å²) in [5.74, 6) is -0.797. The van der Waals surface area contributed by atoms with Crippen LogP contribution in [-0.4, -0.2) is 48.2 Å². The van der Waals surface area contributed by atoms with E-state index >= 15 is 0 Å². The molecule has 4 heteroatoms. The topological polar surface area (TPSA) is 52.6 Å². The maximum atomic E-state index is 11.0. The van der Waals surface area contributed by atoms with E-state index in [4.69, 9.17) is 5.11 Å². The Bertz CT molecular complexity index is 185. The van der Waals surface area contributed by atoms with Crippen molar-refractivity contribution in [1.29, 1.82) is 0 Å². The molecule has 0 saturated heterocycles. The number of nitrogens with one attached hydrogen (secondary N) is 1. The van der Waals surface area contributed by atoms with E-state index in [1.165, 1.54) is 0 Å². The average molecular weight is 202 g/mol. The number of likely N-dealkylation sites (N-methyl/N-ethyl adjacent to an activating group) is 2. The van der Waals surface area contributed by atoms with Crippen molar-refractivity contribution < 1.29 is 9.90 Å². The summed E-state index contributed by atoms with van der Waals surface area (Å²) >= 11 is 0. The van der Waals surface area contributed by atoms with E-state index in [9.17, 15) is 4.79 Å². The van der Waals surface area contributed by atoms with Gasteiger partial charge < -0.3 is 15.3 Å². The molecule has 0 aliphatic heterocycles. The van der Waals surface area contributed by atoms with Crippen molar-refractivity contribution in [3.8, 4) is 0 Å². The van der Waals surface area contributed by atoms with Crippen molar-refractivity contribution in [2.75, 3.05) is 26.7 Å². The minimum Gasteiger partial charge on any atom is -0.480 e. The first-order chi connectivity index (χ1) is 6.50. The van der Waals surface area contributed by atoms with Crippen molar-refractivity contribution in [3.05, 3.63) is 0 Å². The predicted octanol–water partition coefficient (Wildman–Crippen LogP) is 0.781. The summed E-state index contributed by atoms with van der Waals surface area (Å²) in [7, 11) is 1.69. The summed E-state index contributed by atoms with van der Waals surface area (Å²) in [5.41, 5.74) is -0.842. The molecule has 0 saturated carbocycles. The fourth-order valence-electron chi connectivity index (χ4n) is 1.37. The Morgan fingerprint density at radius 1 is 1.50 bits per heavy atom. The molecule has 0 rings (SSSR count). The molecule has 0 amide bonds. The quantitative estimate of drug-likeness (QED) is 0.640. The van der Waals surface area contributed by atoms with Crippen LogP contribution in [0.1, 0.15) is 27.2 Å². The van der Waals surface area contributed by atoms with Gasteiger partial charge in [-0.3, -0.25) is 4.79 Å². The van der Waals surface area contributed by atoms with E-state index in [2.05, 4.69) is 17.1 Å². The molecular formula is C10H22N2O2. The third kappa shape index (κ3) is 3.64. The van der Waals surface area contributed by atoms with Gasteiger partial charge in [-0.2, -0.15) is 0 Å². The van der Waals surface area contributed by atoms with Gasteiger partial charge in [0.15, 0.2) is 0 Å². The molecule has 0 radical (unpaired) electrons. The number of rotatable bonds is 7. The normalized spacial score (nSPS) is 15.5. The van der Waals surface area contributed by atoms with E-state index in [0.29, 0.717) is 6.54 Å². The lowest BCUT2D eigenvalue weighted by atomic mass is 10.0. The van der Waals surface area contributed by atoms with Gasteiger partial charge in [-0.25, -0.2) is 0 Å². The van der Waals surface area contributed by atoms with Crippen molar-refractivity contribution in [2.45, 2.75) is 32.7 Å². The summed E-state index contributed by atoms with van der Waals surface area (Å²) in [6.07, 6.45) is 1.05. The van der Waals surface area contributed by atoms with E-state index in [1.54, 1.807) is 14.0 Å². The summed E-state index contributed by atoms with van der Waals surface area (Å²) in [6, 6.07) is 0. The van der Waals surface area contributed by atoms with Crippen molar-refractivity contribution in [2.24, 2.45) is 0 Å².